The first kappa shape index (κ1) is 19.2. The van der Waals surface area contributed by atoms with Crippen molar-refractivity contribution < 1.29 is 14.3 Å². The van der Waals surface area contributed by atoms with Gasteiger partial charge in [-0.3, -0.25) is 9.59 Å². The van der Waals surface area contributed by atoms with Crippen LogP contribution in [-0.2, 0) is 14.3 Å². The number of fused-ring (bicyclic) bond motifs is 5. The Morgan fingerprint density at radius 3 is 2.78 bits per heavy atom. The molecule has 0 radical (unpaired) electrons. The van der Waals surface area contributed by atoms with Gasteiger partial charge in [0.05, 0.1) is 0 Å². The molecule has 150 valence electrons. The van der Waals surface area contributed by atoms with E-state index < -0.39 is 0 Å². The zero-order chi connectivity index (χ0) is 19.0. The number of carbonyl (C=O) groups is 2. The minimum Gasteiger partial charge on any atom is -0.462 e. The van der Waals surface area contributed by atoms with Gasteiger partial charge in [0.2, 0.25) is 0 Å². The van der Waals surface area contributed by atoms with Crippen LogP contribution in [0.1, 0.15) is 90.9 Å². The molecule has 0 aliphatic heterocycles. The summed E-state index contributed by atoms with van der Waals surface area (Å²) < 4.78 is 6.04. The van der Waals surface area contributed by atoms with E-state index in [9.17, 15) is 9.59 Å². The van der Waals surface area contributed by atoms with Crippen LogP contribution < -0.4 is 0 Å². The van der Waals surface area contributed by atoms with Gasteiger partial charge in [0.1, 0.15) is 6.10 Å². The van der Waals surface area contributed by atoms with Crippen LogP contribution in [0.5, 0.6) is 0 Å². The number of rotatable bonds is 5. The third kappa shape index (κ3) is 3.51. The van der Waals surface area contributed by atoms with Crippen LogP contribution in [0.2, 0.25) is 0 Å². The van der Waals surface area contributed by atoms with Crippen LogP contribution in [0.15, 0.2) is 11.6 Å². The molecule has 0 unspecified atom stereocenters. The maximum absolute atomic E-state index is 12.3. The highest BCUT2D eigenvalue weighted by Crippen LogP contribution is 2.62. The molecule has 4 aliphatic carbocycles. The normalized spacial score (nSPS) is 40.6. The molecule has 0 saturated heterocycles. The lowest BCUT2D eigenvalue weighted by Gasteiger charge is -2.53. The minimum absolute atomic E-state index is 0.0251. The van der Waals surface area contributed by atoms with E-state index in [1.165, 1.54) is 31.3 Å². The van der Waals surface area contributed by atoms with E-state index in [1.54, 1.807) is 0 Å². The maximum Gasteiger partial charge on any atom is 0.306 e. The van der Waals surface area contributed by atoms with Gasteiger partial charge in [-0.15, -0.1) is 0 Å². The molecule has 3 fully saturated rings. The largest absolute Gasteiger partial charge is 0.462 e. The molecule has 0 aromatic rings. The van der Waals surface area contributed by atoms with Crippen molar-refractivity contribution in [2.45, 2.75) is 97.0 Å². The Labute approximate surface area is 164 Å². The van der Waals surface area contributed by atoms with Crippen molar-refractivity contribution >= 4 is 11.8 Å². The zero-order valence-corrected chi connectivity index (χ0v) is 17.2. The smallest absolute Gasteiger partial charge is 0.306 e. The van der Waals surface area contributed by atoms with Crippen LogP contribution in [0.4, 0.5) is 0 Å². The monoisotopic (exact) mass is 372 g/mol. The van der Waals surface area contributed by atoms with Crippen molar-refractivity contribution in [2.24, 2.45) is 29.1 Å². The Hall–Kier alpha value is -1.12. The number of esters is 1. The molecule has 0 heterocycles. The summed E-state index contributed by atoms with van der Waals surface area (Å²) in [6.07, 6.45) is 14.8. The molecule has 3 heteroatoms. The lowest BCUT2D eigenvalue weighted by atomic mass is 9.52. The summed E-state index contributed by atoms with van der Waals surface area (Å²) in [6, 6.07) is 0. The summed E-state index contributed by atoms with van der Waals surface area (Å²) in [5.74, 6) is 3.25. The predicted molar refractivity (Wildman–Crippen MR) is 106 cm³/mol. The molecular formula is C24H36O3. The molecule has 4 aliphatic rings. The van der Waals surface area contributed by atoms with Crippen LogP contribution in [0, 0.1) is 29.1 Å². The first-order valence-corrected chi connectivity index (χ1v) is 11.5. The Balaban J connectivity index is 1.43. The van der Waals surface area contributed by atoms with Crippen molar-refractivity contribution in [3.63, 3.8) is 0 Å². The number of ether oxygens (including phenoxy) is 1. The van der Waals surface area contributed by atoms with E-state index >= 15 is 0 Å². The van der Waals surface area contributed by atoms with Gasteiger partial charge in [0.15, 0.2) is 5.78 Å². The Morgan fingerprint density at radius 2 is 1.96 bits per heavy atom. The Morgan fingerprint density at radius 1 is 1.11 bits per heavy atom. The molecule has 0 bridgehead atoms. The van der Waals surface area contributed by atoms with Crippen LogP contribution >= 0.6 is 0 Å². The summed E-state index contributed by atoms with van der Waals surface area (Å²) in [5, 5.41) is 0. The zero-order valence-electron chi connectivity index (χ0n) is 17.2. The maximum atomic E-state index is 12.3. The van der Waals surface area contributed by atoms with Gasteiger partial charge in [-0.05, 0) is 81.1 Å². The van der Waals surface area contributed by atoms with Crippen LogP contribution in [-0.4, -0.2) is 17.9 Å². The minimum atomic E-state index is 0.0251. The molecule has 27 heavy (non-hydrogen) atoms. The van der Waals surface area contributed by atoms with Gasteiger partial charge in [0.25, 0.3) is 0 Å². The quantitative estimate of drug-likeness (QED) is 0.465. The first-order chi connectivity index (χ1) is 13.0. The molecule has 0 spiro atoms. The molecule has 0 N–H and O–H groups in total. The third-order valence-electron chi connectivity index (χ3n) is 8.47. The lowest BCUT2D eigenvalue weighted by molar-refractivity contribution is -0.159. The third-order valence-corrected chi connectivity index (χ3v) is 8.47. The molecule has 3 saturated carbocycles. The fraction of sp³-hybridized carbons (Fsp3) is 0.833. The van der Waals surface area contributed by atoms with Crippen LogP contribution in [0.3, 0.4) is 0 Å². The van der Waals surface area contributed by atoms with E-state index in [0.717, 1.165) is 56.8 Å². The van der Waals surface area contributed by atoms with E-state index in [2.05, 4.69) is 13.8 Å². The van der Waals surface area contributed by atoms with Crippen molar-refractivity contribution in [1.82, 2.24) is 0 Å². The SMILES string of the molecule is CCCCCC(=O)O[C@H]1CC[C@H]2[C@@H]3CCC4=CC(=O)CC[C@@H]4[C@H]3CC[C@]12C. The Bertz CT molecular complexity index is 621. The first-order valence-electron chi connectivity index (χ1n) is 11.5. The number of carbonyl (C=O) groups excluding carboxylic acids is 2. The van der Waals surface area contributed by atoms with Crippen molar-refractivity contribution in [2.75, 3.05) is 0 Å². The standard InChI is InChI=1S/C24H36O3/c1-3-4-5-6-23(26)27-22-12-11-21-20-9-7-16-15-17(25)8-10-18(16)19(20)13-14-24(21,22)2/h15,18-22H,3-14H2,1-2H3/t18-,19+,20+,21-,22-,24-/m0/s1. The number of hydrogen-bond acceptors (Lipinski definition) is 3. The van der Waals surface area contributed by atoms with Gasteiger partial charge < -0.3 is 4.74 Å². The fourth-order valence-corrected chi connectivity index (χ4v) is 7.06. The molecule has 3 nitrogen and oxygen atoms in total. The van der Waals surface area contributed by atoms with E-state index in [4.69, 9.17) is 4.74 Å². The van der Waals surface area contributed by atoms with Gasteiger partial charge >= 0.3 is 5.97 Å². The van der Waals surface area contributed by atoms with E-state index in [-0.39, 0.29) is 17.5 Å². The number of allylic oxidation sites excluding steroid dienone is 1. The highest BCUT2D eigenvalue weighted by molar-refractivity contribution is 5.91. The van der Waals surface area contributed by atoms with E-state index in [1.807, 2.05) is 6.08 Å². The number of unbranched alkanes of at least 4 members (excludes halogenated alkanes) is 2. The second kappa shape index (κ2) is 7.72. The van der Waals surface area contributed by atoms with Gasteiger partial charge in [-0.2, -0.15) is 0 Å². The molecule has 4 rings (SSSR count). The van der Waals surface area contributed by atoms with Gasteiger partial charge in [-0.25, -0.2) is 0 Å². The van der Waals surface area contributed by atoms with Crippen molar-refractivity contribution in [3.8, 4) is 0 Å². The topological polar surface area (TPSA) is 43.4 Å². The second-order valence-corrected chi connectivity index (χ2v) is 9.86. The lowest BCUT2D eigenvalue weighted by Crippen LogP contribution is -2.48. The van der Waals surface area contributed by atoms with Crippen molar-refractivity contribution in [1.29, 1.82) is 0 Å². The average Bonchev–Trinajstić information content (AvgIpc) is 2.98. The summed E-state index contributed by atoms with van der Waals surface area (Å²) in [7, 11) is 0. The summed E-state index contributed by atoms with van der Waals surface area (Å²) in [4.78, 5) is 24.2. The molecule has 6 atom stereocenters. The average molecular weight is 373 g/mol. The van der Waals surface area contributed by atoms with Crippen molar-refractivity contribution in [3.05, 3.63) is 11.6 Å². The fourth-order valence-electron chi connectivity index (χ4n) is 7.06. The molecular weight excluding hydrogens is 336 g/mol. The predicted octanol–water partition coefficient (Wildman–Crippen LogP) is 5.62. The summed E-state index contributed by atoms with van der Waals surface area (Å²) in [6.45, 7) is 4.57. The highest BCUT2D eigenvalue weighted by atomic mass is 16.5. The second-order valence-electron chi connectivity index (χ2n) is 9.86. The summed E-state index contributed by atoms with van der Waals surface area (Å²) >= 11 is 0. The molecule has 0 aromatic carbocycles. The molecule has 0 amide bonds. The van der Waals surface area contributed by atoms with E-state index in [0.29, 0.717) is 24.0 Å². The van der Waals surface area contributed by atoms with Gasteiger partial charge in [-0.1, -0.05) is 32.3 Å². The Kier molecular flexibility index (Phi) is 5.49. The van der Waals surface area contributed by atoms with Crippen LogP contribution in [0.25, 0.3) is 0 Å². The number of hydrogen-bond donors (Lipinski definition) is 0. The summed E-state index contributed by atoms with van der Waals surface area (Å²) in [5.41, 5.74) is 1.63. The highest BCUT2D eigenvalue weighted by Gasteiger charge is 2.57. The van der Waals surface area contributed by atoms with Gasteiger partial charge in [0, 0.05) is 18.3 Å². The number of ketones is 1. The molecule has 0 aromatic heterocycles.